The summed E-state index contributed by atoms with van der Waals surface area (Å²) in [6, 6.07) is 0. The third-order valence-corrected chi connectivity index (χ3v) is 6.57. The van der Waals surface area contributed by atoms with Crippen LogP contribution in [-0.2, 0) is 4.57 Å². The molecule has 28 heavy (non-hydrogen) atoms. The van der Waals surface area contributed by atoms with Crippen molar-refractivity contribution >= 4 is 7.60 Å². The van der Waals surface area contributed by atoms with Gasteiger partial charge in [-0.1, -0.05) is 83.3 Å². The summed E-state index contributed by atoms with van der Waals surface area (Å²) in [5.74, 6) is 0. The highest BCUT2D eigenvalue weighted by molar-refractivity contribution is 7.53. The average molecular weight is 421 g/mol. The Morgan fingerprint density at radius 3 is 1.64 bits per heavy atom. The maximum absolute atomic E-state index is 11.7. The molecule has 0 aromatic rings. The lowest BCUT2D eigenvalue weighted by molar-refractivity contribution is -0.875. The molecule has 1 unspecified atom stereocenters. The molecule has 0 aromatic heterocycles. The van der Waals surface area contributed by atoms with E-state index in [1.165, 1.54) is 64.2 Å². The number of quaternary nitrogens is 1. The smallest absolute Gasteiger partial charge is 0.362 e. The predicted octanol–water partition coefficient (Wildman–Crippen LogP) is 5.60. The Bertz CT molecular complexity index is 456. The Balaban J connectivity index is 3.79. The van der Waals surface area contributed by atoms with E-state index in [-0.39, 0.29) is 13.0 Å². The maximum atomic E-state index is 11.7. The van der Waals surface area contributed by atoms with Gasteiger partial charge in [-0.2, -0.15) is 0 Å². The van der Waals surface area contributed by atoms with Gasteiger partial charge in [0, 0.05) is 0 Å². The van der Waals surface area contributed by atoms with Gasteiger partial charge in [-0.25, -0.2) is 0 Å². The summed E-state index contributed by atoms with van der Waals surface area (Å²) >= 11 is 0. The van der Waals surface area contributed by atoms with Gasteiger partial charge in [0.1, 0.15) is 6.54 Å². The van der Waals surface area contributed by atoms with Crippen LogP contribution < -0.4 is 0 Å². The lowest BCUT2D eigenvalue weighted by Gasteiger charge is -2.35. The van der Waals surface area contributed by atoms with Gasteiger partial charge < -0.3 is 19.4 Å². The molecule has 0 aliphatic carbocycles. The number of aliphatic hydroxyl groups is 1. The zero-order chi connectivity index (χ0) is 21.5. The van der Waals surface area contributed by atoms with Crippen molar-refractivity contribution in [1.82, 2.24) is 0 Å². The molecule has 3 N–H and O–H groups in total. The highest BCUT2D eigenvalue weighted by atomic mass is 31.2. The van der Waals surface area contributed by atoms with E-state index in [1.807, 2.05) is 27.2 Å². The highest BCUT2D eigenvalue weighted by Crippen LogP contribution is 2.52. The predicted molar refractivity (Wildman–Crippen MR) is 119 cm³/mol. The van der Waals surface area contributed by atoms with E-state index in [9.17, 15) is 19.5 Å². The minimum atomic E-state index is -4.57. The molecule has 0 aromatic carbocycles. The van der Waals surface area contributed by atoms with Crippen molar-refractivity contribution in [2.24, 2.45) is 0 Å². The summed E-state index contributed by atoms with van der Waals surface area (Å²) in [5.41, 5.74) is 0. The van der Waals surface area contributed by atoms with Gasteiger partial charge in [-0.05, 0) is 25.7 Å². The lowest BCUT2D eigenvalue weighted by atomic mass is 10.1. The second-order valence-electron chi connectivity index (χ2n) is 9.31. The summed E-state index contributed by atoms with van der Waals surface area (Å²) < 4.78 is 12.0. The van der Waals surface area contributed by atoms with Gasteiger partial charge in [0.2, 0.25) is 5.34 Å². The maximum Gasteiger partial charge on any atom is 0.362 e. The Kier molecular flexibility index (Phi) is 14.6. The fraction of sp³-hybridized carbons (Fsp3) is 0.909. The molecule has 0 saturated heterocycles. The highest BCUT2D eigenvalue weighted by Gasteiger charge is 2.48. The van der Waals surface area contributed by atoms with Gasteiger partial charge in [0.25, 0.3) is 0 Å². The second kappa shape index (κ2) is 14.7. The van der Waals surface area contributed by atoms with Crippen LogP contribution in [0.1, 0.15) is 96.8 Å². The van der Waals surface area contributed by atoms with Gasteiger partial charge in [-0.3, -0.25) is 4.57 Å². The number of hydrogen-bond acceptors (Lipinski definition) is 2. The quantitative estimate of drug-likeness (QED) is 0.117. The first-order valence-corrected chi connectivity index (χ1v) is 12.9. The Labute approximate surface area is 174 Å². The first-order valence-electron chi connectivity index (χ1n) is 11.3. The van der Waals surface area contributed by atoms with Gasteiger partial charge in [0.15, 0.2) is 0 Å². The fourth-order valence-corrected chi connectivity index (χ4v) is 4.58. The van der Waals surface area contributed by atoms with Crippen LogP contribution in [0.4, 0.5) is 0 Å². The van der Waals surface area contributed by atoms with Crippen LogP contribution >= 0.6 is 7.60 Å². The van der Waals surface area contributed by atoms with E-state index in [0.717, 1.165) is 12.8 Å². The molecule has 0 aliphatic heterocycles. The van der Waals surface area contributed by atoms with E-state index in [4.69, 9.17) is 0 Å². The summed E-state index contributed by atoms with van der Waals surface area (Å²) in [6.07, 6.45) is 20.2. The molecule has 0 saturated carbocycles. The molecule has 0 fully saturated rings. The Morgan fingerprint density at radius 2 is 1.21 bits per heavy atom. The molecule has 1 atom stereocenters. The van der Waals surface area contributed by atoms with E-state index in [0.29, 0.717) is 10.9 Å². The largest absolute Gasteiger partial charge is 0.373 e. The number of hydrogen-bond donors (Lipinski definition) is 3. The standard InChI is InChI=1S/C22H46NO4P/c1-5-6-7-8-9-10-11-12-13-14-15-16-17-18-19-20-22(24,28(25,26)27)21-23(2,3)4/h17-18,24H,5-16,19-21H2,1-4H3,(H-,25,26,27)/p+1/b18-17-. The molecule has 0 aliphatic rings. The van der Waals surface area contributed by atoms with Crippen molar-refractivity contribution in [2.45, 2.75) is 102 Å². The van der Waals surface area contributed by atoms with Gasteiger partial charge >= 0.3 is 7.60 Å². The van der Waals surface area contributed by atoms with Crippen LogP contribution in [-0.4, -0.2) is 52.4 Å². The molecule has 0 rings (SSSR count). The van der Waals surface area contributed by atoms with Crippen LogP contribution in [0.15, 0.2) is 12.2 Å². The number of unbranched alkanes of at least 4 members (excludes halogenated alkanes) is 11. The fourth-order valence-electron chi connectivity index (χ4n) is 3.55. The minimum absolute atomic E-state index is 0.0315. The molecular weight excluding hydrogens is 373 g/mol. The van der Waals surface area contributed by atoms with Crippen molar-refractivity contribution in [3.63, 3.8) is 0 Å². The van der Waals surface area contributed by atoms with Crippen LogP contribution in [0.2, 0.25) is 0 Å². The molecule has 6 heteroatoms. The molecule has 0 radical (unpaired) electrons. The third kappa shape index (κ3) is 14.8. The average Bonchev–Trinajstić information content (AvgIpc) is 2.56. The van der Waals surface area contributed by atoms with Gasteiger partial charge in [0.05, 0.1) is 21.1 Å². The van der Waals surface area contributed by atoms with Crippen LogP contribution in [0, 0.1) is 0 Å². The van der Waals surface area contributed by atoms with E-state index >= 15 is 0 Å². The lowest BCUT2D eigenvalue weighted by Crippen LogP contribution is -2.49. The molecule has 0 bridgehead atoms. The van der Waals surface area contributed by atoms with Crippen molar-refractivity contribution < 1.29 is 23.9 Å². The SMILES string of the molecule is CCCCCCCCCCCCC/C=C\CCC(O)(C[N+](C)(C)C)P(=O)(O)O. The normalized spacial score (nSPS) is 15.2. The zero-order valence-electron chi connectivity index (χ0n) is 18.9. The van der Waals surface area contributed by atoms with E-state index in [1.54, 1.807) is 0 Å². The third-order valence-electron chi connectivity index (χ3n) is 5.12. The van der Waals surface area contributed by atoms with Gasteiger partial charge in [-0.15, -0.1) is 0 Å². The second-order valence-corrected chi connectivity index (χ2v) is 11.2. The summed E-state index contributed by atoms with van der Waals surface area (Å²) in [6.45, 7) is 2.29. The number of likely N-dealkylation sites (N-methyl/N-ethyl adjacent to an activating group) is 1. The Hall–Kier alpha value is -0.190. The van der Waals surface area contributed by atoms with Crippen molar-refractivity contribution in [1.29, 1.82) is 0 Å². The minimum Gasteiger partial charge on any atom is -0.373 e. The van der Waals surface area contributed by atoms with Crippen molar-refractivity contribution in [3.05, 3.63) is 12.2 Å². The van der Waals surface area contributed by atoms with Crippen molar-refractivity contribution in [3.8, 4) is 0 Å². The van der Waals surface area contributed by atoms with Crippen LogP contribution in [0.25, 0.3) is 0 Å². The van der Waals surface area contributed by atoms with Crippen LogP contribution in [0.3, 0.4) is 0 Å². The van der Waals surface area contributed by atoms with E-state index in [2.05, 4.69) is 13.0 Å². The zero-order valence-corrected chi connectivity index (χ0v) is 19.8. The number of rotatable bonds is 18. The molecule has 0 amide bonds. The molecular formula is C22H47NO4P+. The monoisotopic (exact) mass is 420 g/mol. The van der Waals surface area contributed by atoms with E-state index < -0.39 is 12.9 Å². The van der Waals surface area contributed by atoms with Crippen molar-refractivity contribution in [2.75, 3.05) is 27.7 Å². The molecule has 0 heterocycles. The number of allylic oxidation sites excluding steroid dienone is 2. The first kappa shape index (κ1) is 27.8. The molecule has 0 spiro atoms. The molecule has 168 valence electrons. The Morgan fingerprint density at radius 1 is 0.786 bits per heavy atom. The first-order chi connectivity index (χ1) is 13.0. The number of nitrogens with zero attached hydrogens (tertiary/aromatic N) is 1. The summed E-state index contributed by atoms with van der Waals surface area (Å²) in [7, 11) is 0.901. The topological polar surface area (TPSA) is 77.8 Å². The van der Waals surface area contributed by atoms with Crippen LogP contribution in [0.5, 0.6) is 0 Å². The molecule has 5 nitrogen and oxygen atoms in total. The summed E-state index contributed by atoms with van der Waals surface area (Å²) in [5, 5.41) is 8.52. The summed E-state index contributed by atoms with van der Waals surface area (Å²) in [4.78, 5) is 19.1.